The summed E-state index contributed by atoms with van der Waals surface area (Å²) in [6, 6.07) is 9.10. The molecule has 2 nitrogen and oxygen atoms in total. The molecule has 0 saturated carbocycles. The Kier molecular flexibility index (Phi) is 6.90. The molecule has 0 spiro atoms. The molecule has 96 valence electrons. The summed E-state index contributed by atoms with van der Waals surface area (Å²) in [5, 5.41) is 0. The standard InChI is InChI=1S/C15H26N2/c1-3-4-5-6-10-15(17-16)12-14-9-7-8-13(2)11-14/h7-9,11,15,17H,3-6,10,12,16H2,1-2H3. The average Bonchev–Trinajstić information content (AvgIpc) is 2.33. The number of aryl methyl sites for hydroxylation is 1. The van der Waals surface area contributed by atoms with Gasteiger partial charge in [-0.25, -0.2) is 0 Å². The summed E-state index contributed by atoms with van der Waals surface area (Å²) in [7, 11) is 0. The third-order valence-electron chi connectivity index (χ3n) is 3.21. The first-order valence-corrected chi connectivity index (χ1v) is 6.78. The van der Waals surface area contributed by atoms with Crippen LogP contribution < -0.4 is 11.3 Å². The highest BCUT2D eigenvalue weighted by molar-refractivity contribution is 5.22. The number of hydrogen-bond acceptors (Lipinski definition) is 2. The minimum Gasteiger partial charge on any atom is -0.271 e. The summed E-state index contributed by atoms with van der Waals surface area (Å²) in [6.45, 7) is 4.38. The molecule has 3 N–H and O–H groups in total. The van der Waals surface area contributed by atoms with E-state index < -0.39 is 0 Å². The van der Waals surface area contributed by atoms with Crippen LogP contribution in [0.4, 0.5) is 0 Å². The zero-order valence-corrected chi connectivity index (χ0v) is 11.2. The normalized spacial score (nSPS) is 12.6. The predicted molar refractivity (Wildman–Crippen MR) is 74.8 cm³/mol. The van der Waals surface area contributed by atoms with E-state index in [1.165, 1.54) is 43.2 Å². The molecule has 2 heteroatoms. The van der Waals surface area contributed by atoms with Crippen molar-refractivity contribution in [3.05, 3.63) is 35.4 Å². The van der Waals surface area contributed by atoms with Crippen LogP contribution >= 0.6 is 0 Å². The van der Waals surface area contributed by atoms with Crippen molar-refractivity contribution in [1.82, 2.24) is 5.43 Å². The Balaban J connectivity index is 2.35. The fraction of sp³-hybridized carbons (Fsp3) is 0.600. The summed E-state index contributed by atoms with van der Waals surface area (Å²) >= 11 is 0. The largest absolute Gasteiger partial charge is 0.271 e. The van der Waals surface area contributed by atoms with E-state index in [-0.39, 0.29) is 0 Å². The van der Waals surface area contributed by atoms with Crippen LogP contribution in [0.15, 0.2) is 24.3 Å². The quantitative estimate of drug-likeness (QED) is 0.411. The van der Waals surface area contributed by atoms with Gasteiger partial charge in [-0.05, 0) is 25.3 Å². The van der Waals surface area contributed by atoms with E-state index in [2.05, 4.69) is 43.5 Å². The number of hydrogen-bond donors (Lipinski definition) is 2. The van der Waals surface area contributed by atoms with Crippen LogP contribution in [-0.2, 0) is 6.42 Å². The van der Waals surface area contributed by atoms with Crippen LogP contribution in [0.3, 0.4) is 0 Å². The van der Waals surface area contributed by atoms with Crippen molar-refractivity contribution in [2.24, 2.45) is 5.84 Å². The van der Waals surface area contributed by atoms with Crippen molar-refractivity contribution in [3.8, 4) is 0 Å². The molecule has 0 amide bonds. The fourth-order valence-corrected chi connectivity index (χ4v) is 2.19. The molecule has 0 aliphatic rings. The van der Waals surface area contributed by atoms with Gasteiger partial charge >= 0.3 is 0 Å². The molecule has 1 atom stereocenters. The van der Waals surface area contributed by atoms with Crippen LogP contribution in [0.25, 0.3) is 0 Å². The molecular weight excluding hydrogens is 208 g/mol. The van der Waals surface area contributed by atoms with Gasteiger partial charge in [0.05, 0.1) is 0 Å². The second-order valence-electron chi connectivity index (χ2n) is 4.91. The Morgan fingerprint density at radius 2 is 2.06 bits per heavy atom. The van der Waals surface area contributed by atoms with Gasteiger partial charge < -0.3 is 0 Å². The monoisotopic (exact) mass is 234 g/mol. The zero-order valence-electron chi connectivity index (χ0n) is 11.2. The lowest BCUT2D eigenvalue weighted by molar-refractivity contribution is 0.463. The average molecular weight is 234 g/mol. The van der Waals surface area contributed by atoms with Crippen molar-refractivity contribution >= 4 is 0 Å². The first kappa shape index (κ1) is 14.2. The van der Waals surface area contributed by atoms with Gasteiger partial charge in [0, 0.05) is 6.04 Å². The number of nitrogens with two attached hydrogens (primary N) is 1. The highest BCUT2D eigenvalue weighted by Crippen LogP contribution is 2.11. The van der Waals surface area contributed by atoms with E-state index in [0.717, 1.165) is 6.42 Å². The van der Waals surface area contributed by atoms with Crippen LogP contribution in [0.2, 0.25) is 0 Å². The number of nitrogens with one attached hydrogen (secondary N) is 1. The smallest absolute Gasteiger partial charge is 0.0250 e. The minimum atomic E-state index is 0.411. The molecule has 0 radical (unpaired) electrons. The maximum Gasteiger partial charge on any atom is 0.0250 e. The lowest BCUT2D eigenvalue weighted by atomic mass is 9.99. The topological polar surface area (TPSA) is 38.0 Å². The predicted octanol–water partition coefficient (Wildman–Crippen LogP) is 3.34. The first-order chi connectivity index (χ1) is 8.26. The number of unbranched alkanes of at least 4 members (excludes halogenated alkanes) is 3. The van der Waals surface area contributed by atoms with E-state index in [9.17, 15) is 0 Å². The number of hydrazine groups is 1. The Morgan fingerprint density at radius 1 is 1.24 bits per heavy atom. The van der Waals surface area contributed by atoms with Crippen molar-refractivity contribution in [1.29, 1.82) is 0 Å². The van der Waals surface area contributed by atoms with Gasteiger partial charge in [-0.1, -0.05) is 62.4 Å². The second-order valence-corrected chi connectivity index (χ2v) is 4.91. The van der Waals surface area contributed by atoms with Crippen molar-refractivity contribution in [2.45, 2.75) is 58.4 Å². The minimum absolute atomic E-state index is 0.411. The number of benzene rings is 1. The van der Waals surface area contributed by atoms with Gasteiger partial charge in [0.2, 0.25) is 0 Å². The van der Waals surface area contributed by atoms with Gasteiger partial charge in [0.25, 0.3) is 0 Å². The summed E-state index contributed by atoms with van der Waals surface area (Å²) in [4.78, 5) is 0. The van der Waals surface area contributed by atoms with Crippen LogP contribution in [0.1, 0.15) is 50.2 Å². The summed E-state index contributed by atoms with van der Waals surface area (Å²) in [5.74, 6) is 5.62. The molecule has 0 heterocycles. The molecule has 1 aromatic rings. The van der Waals surface area contributed by atoms with Gasteiger partial charge in [-0.15, -0.1) is 0 Å². The van der Waals surface area contributed by atoms with E-state index in [1.807, 2.05) is 0 Å². The molecule has 1 aromatic carbocycles. The molecule has 1 rings (SSSR count). The Labute approximate surface area is 106 Å². The summed E-state index contributed by atoms with van der Waals surface area (Å²) in [6.07, 6.45) is 7.42. The van der Waals surface area contributed by atoms with Gasteiger partial charge in [0.15, 0.2) is 0 Å². The van der Waals surface area contributed by atoms with E-state index in [4.69, 9.17) is 5.84 Å². The molecule has 0 aliphatic carbocycles. The van der Waals surface area contributed by atoms with Crippen molar-refractivity contribution in [2.75, 3.05) is 0 Å². The molecule has 17 heavy (non-hydrogen) atoms. The highest BCUT2D eigenvalue weighted by Gasteiger charge is 2.07. The molecule has 0 aromatic heterocycles. The molecule has 0 fully saturated rings. The van der Waals surface area contributed by atoms with Crippen molar-refractivity contribution in [3.63, 3.8) is 0 Å². The summed E-state index contributed by atoms with van der Waals surface area (Å²) < 4.78 is 0. The maximum atomic E-state index is 5.62. The molecular formula is C15H26N2. The third-order valence-corrected chi connectivity index (χ3v) is 3.21. The first-order valence-electron chi connectivity index (χ1n) is 6.78. The second kappa shape index (κ2) is 8.26. The van der Waals surface area contributed by atoms with Crippen LogP contribution in [0.5, 0.6) is 0 Å². The van der Waals surface area contributed by atoms with E-state index in [0.29, 0.717) is 6.04 Å². The Bertz CT molecular complexity index is 310. The lowest BCUT2D eigenvalue weighted by Crippen LogP contribution is -2.36. The Morgan fingerprint density at radius 3 is 2.71 bits per heavy atom. The fourth-order valence-electron chi connectivity index (χ4n) is 2.19. The van der Waals surface area contributed by atoms with Crippen LogP contribution in [0, 0.1) is 6.92 Å². The Hall–Kier alpha value is -0.860. The zero-order chi connectivity index (χ0) is 12.5. The van der Waals surface area contributed by atoms with E-state index in [1.54, 1.807) is 0 Å². The third kappa shape index (κ3) is 5.85. The molecule has 1 unspecified atom stereocenters. The molecule has 0 bridgehead atoms. The SMILES string of the molecule is CCCCCCC(Cc1cccc(C)c1)NN. The molecule has 0 aliphatic heterocycles. The molecule has 0 saturated heterocycles. The van der Waals surface area contributed by atoms with Gasteiger partial charge in [-0.3, -0.25) is 11.3 Å². The highest BCUT2D eigenvalue weighted by atomic mass is 15.2. The van der Waals surface area contributed by atoms with Gasteiger partial charge in [0.1, 0.15) is 0 Å². The van der Waals surface area contributed by atoms with Crippen molar-refractivity contribution < 1.29 is 0 Å². The number of rotatable bonds is 8. The van der Waals surface area contributed by atoms with Crippen LogP contribution in [-0.4, -0.2) is 6.04 Å². The summed E-state index contributed by atoms with van der Waals surface area (Å²) in [5.41, 5.74) is 5.65. The van der Waals surface area contributed by atoms with Gasteiger partial charge in [-0.2, -0.15) is 0 Å². The maximum absolute atomic E-state index is 5.62. The van der Waals surface area contributed by atoms with E-state index >= 15 is 0 Å². The lowest BCUT2D eigenvalue weighted by Gasteiger charge is -2.16.